The van der Waals surface area contributed by atoms with Gasteiger partial charge in [0.15, 0.2) is 0 Å². The minimum atomic E-state index is 0.750. The average molecular weight is 135 g/mol. The summed E-state index contributed by atoms with van der Waals surface area (Å²) < 4.78 is 0. The summed E-state index contributed by atoms with van der Waals surface area (Å²) in [5.41, 5.74) is 6.17. The highest BCUT2D eigenvalue weighted by molar-refractivity contribution is 6.32. The van der Waals surface area contributed by atoms with E-state index in [4.69, 9.17) is 5.73 Å². The molecule has 0 atom stereocenters. The summed E-state index contributed by atoms with van der Waals surface area (Å²) in [5.74, 6) is 0. The first kappa shape index (κ1) is 9.24. The molecule has 0 aliphatic carbocycles. The largest absolute Gasteiger partial charge is 0.331 e. The van der Waals surface area contributed by atoms with Crippen LogP contribution in [0.3, 0.4) is 0 Å². The fourth-order valence-electron chi connectivity index (χ4n) is 0.534. The Bertz CT molecular complexity index is 151. The molecular formula is C8H14BN. The van der Waals surface area contributed by atoms with Gasteiger partial charge in [-0.1, -0.05) is 42.7 Å². The van der Waals surface area contributed by atoms with Gasteiger partial charge in [-0.25, -0.2) is 0 Å². The summed E-state index contributed by atoms with van der Waals surface area (Å²) in [6, 6.07) is 10.3. The van der Waals surface area contributed by atoms with Crippen molar-refractivity contribution in [1.82, 2.24) is 0 Å². The van der Waals surface area contributed by atoms with Gasteiger partial charge < -0.3 is 5.73 Å². The van der Waals surface area contributed by atoms with Crippen molar-refractivity contribution in [2.75, 3.05) is 6.54 Å². The molecule has 1 rings (SSSR count). The maximum Gasteiger partial charge on any atom is 0.139 e. The summed E-state index contributed by atoms with van der Waals surface area (Å²) in [7, 11) is 2.08. The molecule has 1 aromatic carbocycles. The van der Waals surface area contributed by atoms with E-state index in [9.17, 15) is 0 Å². The Morgan fingerprint density at radius 2 is 1.70 bits per heavy atom. The van der Waals surface area contributed by atoms with E-state index >= 15 is 0 Å². The Morgan fingerprint density at radius 1 is 1.30 bits per heavy atom. The van der Waals surface area contributed by atoms with Crippen molar-refractivity contribution in [2.24, 2.45) is 5.73 Å². The molecule has 0 amide bonds. The van der Waals surface area contributed by atoms with Crippen molar-refractivity contribution in [3.05, 3.63) is 30.3 Å². The number of hydrogen-bond donors (Lipinski definition) is 1. The number of hydrogen-bond acceptors (Lipinski definition) is 1. The second kappa shape index (κ2) is 6.37. The molecule has 1 aromatic rings. The monoisotopic (exact) mass is 135 g/mol. The predicted molar refractivity (Wildman–Crippen MR) is 49.3 cm³/mol. The summed E-state index contributed by atoms with van der Waals surface area (Å²) >= 11 is 0. The molecule has 10 heavy (non-hydrogen) atoms. The molecule has 0 aromatic heterocycles. The predicted octanol–water partition coefficient (Wildman–Crippen LogP) is -0.0900. The first-order valence-corrected chi connectivity index (χ1v) is 3.53. The Labute approximate surface area is 63.7 Å². The molecule has 1 nitrogen and oxygen atoms in total. The van der Waals surface area contributed by atoms with Crippen LogP contribution < -0.4 is 11.2 Å². The smallest absolute Gasteiger partial charge is 0.139 e. The van der Waals surface area contributed by atoms with E-state index in [-0.39, 0.29) is 0 Å². The van der Waals surface area contributed by atoms with Crippen LogP contribution in [0.15, 0.2) is 30.3 Å². The standard InChI is InChI=1S/C6H7B.C2H7N/c7-6-4-2-1-3-5-6;1-2-3/h1-5H,7H2;2-3H2,1H3. The maximum absolute atomic E-state index is 4.85. The van der Waals surface area contributed by atoms with Crippen LogP contribution in [0.4, 0.5) is 0 Å². The summed E-state index contributed by atoms with van der Waals surface area (Å²) in [6.07, 6.45) is 0. The normalized spacial score (nSPS) is 7.80. The zero-order valence-corrected chi connectivity index (χ0v) is 6.67. The van der Waals surface area contributed by atoms with Gasteiger partial charge in [-0.3, -0.25) is 0 Å². The molecule has 54 valence electrons. The van der Waals surface area contributed by atoms with Crippen LogP contribution >= 0.6 is 0 Å². The van der Waals surface area contributed by atoms with Crippen LogP contribution in [0.2, 0.25) is 0 Å². The fourth-order valence-corrected chi connectivity index (χ4v) is 0.534. The summed E-state index contributed by atoms with van der Waals surface area (Å²) in [5, 5.41) is 0. The molecule has 0 unspecified atom stereocenters. The molecule has 0 spiro atoms. The molecule has 0 bridgehead atoms. The Morgan fingerprint density at radius 3 is 1.90 bits per heavy atom. The molecule has 2 N–H and O–H groups in total. The van der Waals surface area contributed by atoms with Gasteiger partial charge in [-0.05, 0) is 6.54 Å². The molecule has 2 heteroatoms. The van der Waals surface area contributed by atoms with E-state index in [1.165, 1.54) is 5.46 Å². The van der Waals surface area contributed by atoms with E-state index in [1.807, 2.05) is 25.1 Å². The second-order valence-corrected chi connectivity index (χ2v) is 2.06. The molecular weight excluding hydrogens is 121 g/mol. The third-order valence-corrected chi connectivity index (χ3v) is 0.940. The van der Waals surface area contributed by atoms with Crippen molar-refractivity contribution in [1.29, 1.82) is 0 Å². The molecule has 0 radical (unpaired) electrons. The van der Waals surface area contributed by atoms with Gasteiger partial charge in [0, 0.05) is 0 Å². The highest BCUT2D eigenvalue weighted by atomic mass is 14.5. The lowest BCUT2D eigenvalue weighted by molar-refractivity contribution is 1.14. The lowest BCUT2D eigenvalue weighted by Gasteiger charge is -1.82. The van der Waals surface area contributed by atoms with Crippen molar-refractivity contribution in [2.45, 2.75) is 6.92 Å². The van der Waals surface area contributed by atoms with Crippen molar-refractivity contribution >= 4 is 13.3 Å². The summed E-state index contributed by atoms with van der Waals surface area (Å²) in [6.45, 7) is 2.65. The van der Waals surface area contributed by atoms with E-state index in [0.29, 0.717) is 0 Å². The number of benzene rings is 1. The van der Waals surface area contributed by atoms with Crippen LogP contribution in [0.25, 0.3) is 0 Å². The zero-order chi connectivity index (χ0) is 7.82. The first-order chi connectivity index (χ1) is 4.81. The minimum absolute atomic E-state index is 0.750. The van der Waals surface area contributed by atoms with Gasteiger partial charge in [-0.2, -0.15) is 0 Å². The highest BCUT2D eigenvalue weighted by Crippen LogP contribution is 1.76. The van der Waals surface area contributed by atoms with Gasteiger partial charge in [0.05, 0.1) is 0 Å². The van der Waals surface area contributed by atoms with Crippen molar-refractivity contribution in [3.63, 3.8) is 0 Å². The third kappa shape index (κ3) is 5.38. The Balaban J connectivity index is 0.000000236. The van der Waals surface area contributed by atoms with Crippen LogP contribution in [0, 0.1) is 0 Å². The van der Waals surface area contributed by atoms with Crippen LogP contribution in [-0.4, -0.2) is 14.4 Å². The molecule has 0 saturated carbocycles. The average Bonchev–Trinajstić information content (AvgIpc) is 1.91. The number of rotatable bonds is 0. The lowest BCUT2D eigenvalue weighted by Crippen LogP contribution is -1.97. The Kier molecular flexibility index (Phi) is 5.89. The van der Waals surface area contributed by atoms with E-state index in [1.54, 1.807) is 0 Å². The summed E-state index contributed by atoms with van der Waals surface area (Å²) in [4.78, 5) is 0. The van der Waals surface area contributed by atoms with Gasteiger partial charge in [-0.15, -0.1) is 0 Å². The van der Waals surface area contributed by atoms with Crippen molar-refractivity contribution < 1.29 is 0 Å². The molecule has 0 fully saturated rings. The van der Waals surface area contributed by atoms with E-state index < -0.39 is 0 Å². The van der Waals surface area contributed by atoms with Gasteiger partial charge in [0.1, 0.15) is 7.85 Å². The van der Waals surface area contributed by atoms with Gasteiger partial charge in [0.2, 0.25) is 0 Å². The van der Waals surface area contributed by atoms with Crippen LogP contribution in [0.1, 0.15) is 6.92 Å². The zero-order valence-electron chi connectivity index (χ0n) is 6.67. The van der Waals surface area contributed by atoms with Gasteiger partial charge >= 0.3 is 0 Å². The number of nitrogens with two attached hydrogens (primary N) is 1. The second-order valence-electron chi connectivity index (χ2n) is 2.06. The topological polar surface area (TPSA) is 26.0 Å². The Hall–Kier alpha value is -0.755. The molecule has 0 aliphatic rings. The van der Waals surface area contributed by atoms with Crippen LogP contribution in [-0.2, 0) is 0 Å². The van der Waals surface area contributed by atoms with E-state index in [2.05, 4.69) is 20.0 Å². The fraction of sp³-hybridized carbons (Fsp3) is 0.250. The van der Waals surface area contributed by atoms with Crippen LogP contribution in [0.5, 0.6) is 0 Å². The maximum atomic E-state index is 4.85. The van der Waals surface area contributed by atoms with E-state index in [0.717, 1.165) is 6.54 Å². The molecule has 0 aliphatic heterocycles. The molecule has 0 heterocycles. The lowest BCUT2D eigenvalue weighted by atomic mass is 9.97. The quantitative estimate of drug-likeness (QED) is 0.494. The molecule has 0 saturated heterocycles. The highest BCUT2D eigenvalue weighted by Gasteiger charge is 1.72. The van der Waals surface area contributed by atoms with Crippen molar-refractivity contribution in [3.8, 4) is 0 Å². The SMILES string of the molecule is Bc1ccccc1.CCN. The first-order valence-electron chi connectivity index (χ1n) is 3.53. The van der Waals surface area contributed by atoms with Gasteiger partial charge in [0.25, 0.3) is 0 Å². The minimum Gasteiger partial charge on any atom is -0.331 e. The third-order valence-electron chi connectivity index (χ3n) is 0.940.